The molecule has 0 radical (unpaired) electrons. The fraction of sp³-hybridized carbons (Fsp3) is 0.0833. The number of anilines is 1. The van der Waals surface area contributed by atoms with E-state index >= 15 is 0 Å². The highest BCUT2D eigenvalue weighted by atomic mass is 16.4. The number of aromatic nitrogens is 2. The Morgan fingerprint density at radius 3 is 2.83 bits per heavy atom. The van der Waals surface area contributed by atoms with E-state index in [0.29, 0.717) is 5.69 Å². The molecule has 0 saturated heterocycles. The van der Waals surface area contributed by atoms with E-state index in [-0.39, 0.29) is 18.1 Å². The Balaban J connectivity index is 2.04. The highest BCUT2D eigenvalue weighted by Gasteiger charge is 2.11. The van der Waals surface area contributed by atoms with Gasteiger partial charge in [0.2, 0.25) is 5.91 Å². The van der Waals surface area contributed by atoms with Gasteiger partial charge in [0, 0.05) is 12.4 Å². The van der Waals surface area contributed by atoms with E-state index in [0.717, 1.165) is 0 Å². The number of carbonyl (C=O) groups excluding carboxylic acids is 1. The van der Waals surface area contributed by atoms with Crippen LogP contribution in [-0.2, 0) is 11.3 Å². The van der Waals surface area contributed by atoms with Gasteiger partial charge in [-0.05, 0) is 24.3 Å². The van der Waals surface area contributed by atoms with E-state index in [9.17, 15) is 9.59 Å². The summed E-state index contributed by atoms with van der Waals surface area (Å²) in [6, 6.07) is 6.44. The summed E-state index contributed by atoms with van der Waals surface area (Å²) < 4.78 is 1.37. The maximum absolute atomic E-state index is 11.7. The molecule has 0 aliphatic carbocycles. The minimum atomic E-state index is -1.06. The quantitative estimate of drug-likeness (QED) is 0.848. The normalized spacial score (nSPS) is 10.0. The molecule has 2 rings (SSSR count). The Bertz CT molecular complexity index is 563. The molecule has 1 amide bonds. The van der Waals surface area contributed by atoms with Gasteiger partial charge in [-0.2, -0.15) is 0 Å². The van der Waals surface area contributed by atoms with Crippen LogP contribution in [0.15, 0.2) is 42.9 Å². The summed E-state index contributed by atoms with van der Waals surface area (Å²) in [4.78, 5) is 26.4. The van der Waals surface area contributed by atoms with Crippen LogP contribution >= 0.6 is 0 Å². The van der Waals surface area contributed by atoms with Gasteiger partial charge in [-0.15, -0.1) is 0 Å². The highest BCUT2D eigenvalue weighted by molar-refractivity contribution is 5.91. The van der Waals surface area contributed by atoms with Gasteiger partial charge in [0.15, 0.2) is 0 Å². The first-order valence-corrected chi connectivity index (χ1v) is 5.25. The molecule has 2 aromatic heterocycles. The van der Waals surface area contributed by atoms with Crippen molar-refractivity contribution >= 4 is 17.6 Å². The molecule has 0 saturated carbocycles. The molecule has 6 heteroatoms. The molecule has 0 atom stereocenters. The first kappa shape index (κ1) is 11.8. The molecule has 0 spiro atoms. The predicted molar refractivity (Wildman–Crippen MR) is 64.3 cm³/mol. The number of carboxylic acid groups (broad SMARTS) is 1. The maximum Gasteiger partial charge on any atom is 0.352 e. The Hall–Kier alpha value is -2.63. The van der Waals surface area contributed by atoms with Crippen LogP contribution in [0, 0.1) is 0 Å². The molecule has 0 aliphatic heterocycles. The SMILES string of the molecule is O=C(Cn1cccc1C(=O)O)Nc1cccnc1. The van der Waals surface area contributed by atoms with Crippen LogP contribution in [0.2, 0.25) is 0 Å². The molecule has 0 fully saturated rings. The van der Waals surface area contributed by atoms with Gasteiger partial charge in [-0.3, -0.25) is 9.78 Å². The van der Waals surface area contributed by atoms with E-state index in [1.807, 2.05) is 0 Å². The van der Waals surface area contributed by atoms with E-state index in [1.54, 1.807) is 30.6 Å². The van der Waals surface area contributed by atoms with E-state index in [4.69, 9.17) is 5.11 Å². The van der Waals surface area contributed by atoms with Gasteiger partial charge in [-0.1, -0.05) is 0 Å². The zero-order valence-corrected chi connectivity index (χ0v) is 9.41. The maximum atomic E-state index is 11.7. The van der Waals surface area contributed by atoms with Crippen LogP contribution in [0.1, 0.15) is 10.5 Å². The minimum absolute atomic E-state index is 0.0521. The first-order chi connectivity index (χ1) is 8.66. The lowest BCUT2D eigenvalue weighted by atomic mass is 10.4. The van der Waals surface area contributed by atoms with Gasteiger partial charge < -0.3 is 15.0 Å². The van der Waals surface area contributed by atoms with Gasteiger partial charge in [-0.25, -0.2) is 4.79 Å². The standard InChI is InChI=1S/C12H11N3O3/c16-11(14-9-3-1-5-13-7-9)8-15-6-2-4-10(15)12(17)18/h1-7H,8H2,(H,14,16)(H,17,18). The number of aromatic carboxylic acids is 1. The van der Waals surface area contributed by atoms with Crippen LogP contribution in [0.25, 0.3) is 0 Å². The van der Waals surface area contributed by atoms with Crippen LogP contribution in [0.3, 0.4) is 0 Å². The van der Waals surface area contributed by atoms with Crippen molar-refractivity contribution in [2.45, 2.75) is 6.54 Å². The third-order valence-electron chi connectivity index (χ3n) is 2.31. The van der Waals surface area contributed by atoms with Crippen molar-refractivity contribution in [3.63, 3.8) is 0 Å². The summed E-state index contributed by atoms with van der Waals surface area (Å²) in [5.41, 5.74) is 0.655. The van der Waals surface area contributed by atoms with Crippen LogP contribution in [0.5, 0.6) is 0 Å². The van der Waals surface area contributed by atoms with Crippen molar-refractivity contribution < 1.29 is 14.7 Å². The van der Waals surface area contributed by atoms with Crippen molar-refractivity contribution in [3.8, 4) is 0 Å². The number of carbonyl (C=O) groups is 2. The highest BCUT2D eigenvalue weighted by Crippen LogP contribution is 2.05. The largest absolute Gasteiger partial charge is 0.477 e. The summed E-state index contributed by atoms with van der Waals surface area (Å²) in [6.45, 7) is -0.0521. The van der Waals surface area contributed by atoms with Crippen LogP contribution in [-0.4, -0.2) is 26.5 Å². The monoisotopic (exact) mass is 245 g/mol. The fourth-order valence-electron chi connectivity index (χ4n) is 1.54. The third-order valence-corrected chi connectivity index (χ3v) is 2.31. The Morgan fingerprint density at radius 1 is 1.33 bits per heavy atom. The Kier molecular flexibility index (Phi) is 3.38. The molecule has 0 aliphatic rings. The van der Waals surface area contributed by atoms with Crippen molar-refractivity contribution in [2.24, 2.45) is 0 Å². The number of amides is 1. The van der Waals surface area contributed by atoms with Gasteiger partial charge in [0.1, 0.15) is 12.2 Å². The molecule has 0 unspecified atom stereocenters. The average Bonchev–Trinajstić information content (AvgIpc) is 2.78. The van der Waals surface area contributed by atoms with E-state index in [1.165, 1.54) is 16.8 Å². The number of hydrogen-bond acceptors (Lipinski definition) is 3. The van der Waals surface area contributed by atoms with Crippen molar-refractivity contribution in [1.29, 1.82) is 0 Å². The lowest BCUT2D eigenvalue weighted by Gasteiger charge is -2.07. The summed E-state index contributed by atoms with van der Waals surface area (Å²) in [6.07, 6.45) is 4.67. The second-order valence-electron chi connectivity index (χ2n) is 3.62. The van der Waals surface area contributed by atoms with Crippen molar-refractivity contribution in [1.82, 2.24) is 9.55 Å². The predicted octanol–water partition coefficient (Wildman–Crippen LogP) is 1.22. The van der Waals surface area contributed by atoms with Gasteiger partial charge >= 0.3 is 5.97 Å². The molecular weight excluding hydrogens is 234 g/mol. The van der Waals surface area contributed by atoms with Crippen molar-refractivity contribution in [3.05, 3.63) is 48.5 Å². The molecule has 2 N–H and O–H groups in total. The summed E-state index contributed by atoms with van der Waals surface area (Å²) >= 11 is 0. The second-order valence-corrected chi connectivity index (χ2v) is 3.62. The number of nitrogens with zero attached hydrogens (tertiary/aromatic N) is 2. The molecule has 2 aromatic rings. The molecule has 0 bridgehead atoms. The molecule has 2 heterocycles. The molecule has 0 aromatic carbocycles. The van der Waals surface area contributed by atoms with Crippen LogP contribution < -0.4 is 5.32 Å². The average molecular weight is 245 g/mol. The Morgan fingerprint density at radius 2 is 2.17 bits per heavy atom. The Labute approximate surface area is 103 Å². The number of rotatable bonds is 4. The number of nitrogens with one attached hydrogen (secondary N) is 1. The molecule has 18 heavy (non-hydrogen) atoms. The zero-order chi connectivity index (χ0) is 13.0. The molecular formula is C12H11N3O3. The lowest BCUT2D eigenvalue weighted by molar-refractivity contribution is -0.116. The third kappa shape index (κ3) is 2.73. The van der Waals surface area contributed by atoms with Crippen molar-refractivity contribution in [2.75, 3.05) is 5.32 Å². The minimum Gasteiger partial charge on any atom is -0.477 e. The number of pyridine rings is 1. The van der Waals surface area contributed by atoms with E-state index < -0.39 is 5.97 Å². The smallest absolute Gasteiger partial charge is 0.352 e. The number of hydrogen-bond donors (Lipinski definition) is 2. The molecule has 6 nitrogen and oxygen atoms in total. The fourth-order valence-corrected chi connectivity index (χ4v) is 1.54. The molecule has 92 valence electrons. The lowest BCUT2D eigenvalue weighted by Crippen LogP contribution is -2.20. The van der Waals surface area contributed by atoms with Gasteiger partial charge in [0.25, 0.3) is 0 Å². The summed E-state index contributed by atoms with van der Waals surface area (Å²) in [7, 11) is 0. The summed E-state index contributed by atoms with van der Waals surface area (Å²) in [5.74, 6) is -1.36. The zero-order valence-electron chi connectivity index (χ0n) is 9.41. The topological polar surface area (TPSA) is 84.2 Å². The second kappa shape index (κ2) is 5.13. The van der Waals surface area contributed by atoms with Gasteiger partial charge in [0.05, 0.1) is 11.9 Å². The summed E-state index contributed by atoms with van der Waals surface area (Å²) in [5, 5.41) is 11.5. The van der Waals surface area contributed by atoms with E-state index in [2.05, 4.69) is 10.3 Å². The van der Waals surface area contributed by atoms with Crippen LogP contribution in [0.4, 0.5) is 5.69 Å². The first-order valence-electron chi connectivity index (χ1n) is 5.25. The number of carboxylic acids is 1.